The van der Waals surface area contributed by atoms with Gasteiger partial charge in [0.1, 0.15) is 5.75 Å². The van der Waals surface area contributed by atoms with Gasteiger partial charge in [-0.15, -0.1) is 0 Å². The normalized spacial score (nSPS) is 11.6. The lowest BCUT2D eigenvalue weighted by molar-refractivity contribution is -0.121. The molecule has 2 aromatic carbocycles. The maximum absolute atomic E-state index is 12.3. The van der Waals surface area contributed by atoms with Gasteiger partial charge in [-0.2, -0.15) is 0 Å². The van der Waals surface area contributed by atoms with Crippen molar-refractivity contribution in [1.29, 1.82) is 0 Å². The highest BCUT2D eigenvalue weighted by Gasteiger charge is 2.15. The highest BCUT2D eigenvalue weighted by Crippen LogP contribution is 2.32. The van der Waals surface area contributed by atoms with Crippen LogP contribution in [-0.4, -0.2) is 27.2 Å². The second-order valence-corrected chi connectivity index (χ2v) is 6.91. The van der Waals surface area contributed by atoms with E-state index in [-0.39, 0.29) is 11.9 Å². The van der Waals surface area contributed by atoms with Gasteiger partial charge in [-0.25, -0.2) is 0 Å². The lowest BCUT2D eigenvalue weighted by Crippen LogP contribution is -2.26. The molecule has 0 bridgehead atoms. The molecule has 28 heavy (non-hydrogen) atoms. The third-order valence-corrected chi connectivity index (χ3v) is 4.89. The number of benzene rings is 2. The van der Waals surface area contributed by atoms with Crippen LogP contribution in [0.2, 0.25) is 0 Å². The van der Waals surface area contributed by atoms with E-state index in [1.165, 1.54) is 5.56 Å². The fourth-order valence-electron chi connectivity index (χ4n) is 3.26. The molecule has 5 nitrogen and oxygen atoms in total. The van der Waals surface area contributed by atoms with Crippen molar-refractivity contribution >= 4 is 5.91 Å². The minimum absolute atomic E-state index is 0.0661. The minimum atomic E-state index is -0.0890. The number of rotatable bonds is 10. The van der Waals surface area contributed by atoms with Crippen molar-refractivity contribution in [2.75, 3.05) is 21.3 Å². The monoisotopic (exact) mass is 385 g/mol. The summed E-state index contributed by atoms with van der Waals surface area (Å²) < 4.78 is 15.9. The van der Waals surface area contributed by atoms with Gasteiger partial charge in [-0.1, -0.05) is 12.1 Å². The average molecular weight is 386 g/mol. The van der Waals surface area contributed by atoms with Crippen molar-refractivity contribution in [2.24, 2.45) is 0 Å². The Morgan fingerprint density at radius 3 is 2.21 bits per heavy atom. The topological polar surface area (TPSA) is 56.8 Å². The Hall–Kier alpha value is -2.69. The van der Waals surface area contributed by atoms with E-state index >= 15 is 0 Å². The fraction of sp³-hybridized carbons (Fsp3) is 0.435. The van der Waals surface area contributed by atoms with E-state index < -0.39 is 0 Å². The molecule has 2 rings (SSSR count). The van der Waals surface area contributed by atoms with Gasteiger partial charge in [-0.3, -0.25) is 4.79 Å². The Balaban J connectivity index is 1.82. The Labute approximate surface area is 168 Å². The largest absolute Gasteiger partial charge is 0.497 e. The number of ether oxygens (including phenoxy) is 3. The molecule has 1 atom stereocenters. The van der Waals surface area contributed by atoms with Gasteiger partial charge in [-0.05, 0) is 74.1 Å². The molecule has 1 amide bonds. The quantitative estimate of drug-likeness (QED) is 0.607. The molecule has 0 radical (unpaired) electrons. The first-order chi connectivity index (χ1) is 13.5. The molecule has 0 aliphatic carbocycles. The molecular weight excluding hydrogens is 354 g/mol. The number of hydrogen-bond acceptors (Lipinski definition) is 4. The second-order valence-electron chi connectivity index (χ2n) is 6.91. The van der Waals surface area contributed by atoms with Crippen molar-refractivity contribution in [1.82, 2.24) is 5.32 Å². The van der Waals surface area contributed by atoms with Crippen LogP contribution in [0.25, 0.3) is 0 Å². The molecule has 1 N–H and O–H groups in total. The van der Waals surface area contributed by atoms with Gasteiger partial charge in [0.2, 0.25) is 5.91 Å². The standard InChI is InChI=1S/C23H31NO4/c1-16-14-21(27-4)22(28-5)15-20(16)17(2)24-23(25)9-7-6-8-18-10-12-19(26-3)13-11-18/h10-15,17H,6-9H2,1-5H3,(H,24,25). The average Bonchev–Trinajstić information content (AvgIpc) is 2.71. The summed E-state index contributed by atoms with van der Waals surface area (Å²) in [7, 11) is 4.90. The zero-order chi connectivity index (χ0) is 20.5. The Morgan fingerprint density at radius 1 is 0.964 bits per heavy atom. The highest BCUT2D eigenvalue weighted by molar-refractivity contribution is 5.76. The lowest BCUT2D eigenvalue weighted by atomic mass is 10.0. The highest BCUT2D eigenvalue weighted by atomic mass is 16.5. The van der Waals surface area contributed by atoms with Gasteiger partial charge in [0.05, 0.1) is 27.4 Å². The molecule has 5 heteroatoms. The molecular formula is C23H31NO4. The number of aryl methyl sites for hydroxylation is 2. The molecule has 0 heterocycles. The van der Waals surface area contributed by atoms with Crippen LogP contribution in [0.1, 0.15) is 48.9 Å². The Morgan fingerprint density at radius 2 is 1.61 bits per heavy atom. The molecule has 0 fully saturated rings. The summed E-state index contributed by atoms with van der Waals surface area (Å²) in [4.78, 5) is 12.3. The van der Waals surface area contributed by atoms with E-state index in [1.807, 2.05) is 38.1 Å². The number of nitrogens with one attached hydrogen (secondary N) is 1. The smallest absolute Gasteiger partial charge is 0.220 e. The van der Waals surface area contributed by atoms with Crippen molar-refractivity contribution in [2.45, 2.75) is 45.6 Å². The van der Waals surface area contributed by atoms with Crippen LogP contribution in [0.5, 0.6) is 17.2 Å². The predicted molar refractivity (Wildman–Crippen MR) is 111 cm³/mol. The summed E-state index contributed by atoms with van der Waals surface area (Å²) in [6, 6.07) is 11.9. The number of methoxy groups -OCH3 is 3. The first-order valence-electron chi connectivity index (χ1n) is 9.63. The molecule has 1 unspecified atom stereocenters. The zero-order valence-electron chi connectivity index (χ0n) is 17.5. The molecule has 0 aromatic heterocycles. The summed E-state index contributed by atoms with van der Waals surface area (Å²) >= 11 is 0. The predicted octanol–water partition coefficient (Wildman–Crippen LogP) is 4.61. The molecule has 0 spiro atoms. The third-order valence-electron chi connectivity index (χ3n) is 4.89. The van der Waals surface area contributed by atoms with Crippen molar-refractivity contribution in [3.63, 3.8) is 0 Å². The van der Waals surface area contributed by atoms with E-state index in [9.17, 15) is 4.79 Å². The summed E-state index contributed by atoms with van der Waals surface area (Å²) in [6.45, 7) is 4.00. The van der Waals surface area contributed by atoms with Crippen molar-refractivity contribution in [3.05, 3.63) is 53.1 Å². The van der Waals surface area contributed by atoms with Crippen LogP contribution in [0.15, 0.2) is 36.4 Å². The van der Waals surface area contributed by atoms with E-state index in [1.54, 1.807) is 21.3 Å². The Kier molecular flexibility index (Phi) is 8.18. The molecule has 0 aliphatic heterocycles. The van der Waals surface area contributed by atoms with E-state index in [0.29, 0.717) is 17.9 Å². The molecule has 0 saturated carbocycles. The Bertz CT molecular complexity index is 771. The molecule has 0 aliphatic rings. The van der Waals surface area contributed by atoms with Crippen molar-refractivity contribution in [3.8, 4) is 17.2 Å². The van der Waals surface area contributed by atoms with Crippen LogP contribution in [0, 0.1) is 6.92 Å². The van der Waals surface area contributed by atoms with Crippen LogP contribution in [0.4, 0.5) is 0 Å². The maximum Gasteiger partial charge on any atom is 0.220 e. The number of carbonyl (C=O) groups is 1. The van der Waals surface area contributed by atoms with Crippen LogP contribution in [-0.2, 0) is 11.2 Å². The summed E-state index contributed by atoms with van der Waals surface area (Å²) in [5, 5.41) is 3.09. The first kappa shape index (κ1) is 21.6. The number of unbranched alkanes of at least 4 members (excludes halogenated alkanes) is 1. The first-order valence-corrected chi connectivity index (χ1v) is 9.63. The van der Waals surface area contributed by atoms with Gasteiger partial charge < -0.3 is 19.5 Å². The summed E-state index contributed by atoms with van der Waals surface area (Å²) in [6.07, 6.45) is 3.31. The minimum Gasteiger partial charge on any atom is -0.497 e. The number of hydrogen-bond donors (Lipinski definition) is 1. The second kappa shape index (κ2) is 10.6. The maximum atomic E-state index is 12.3. The molecule has 152 valence electrons. The number of amides is 1. The van der Waals surface area contributed by atoms with Crippen LogP contribution >= 0.6 is 0 Å². The van der Waals surface area contributed by atoms with Crippen molar-refractivity contribution < 1.29 is 19.0 Å². The fourth-order valence-corrected chi connectivity index (χ4v) is 3.26. The summed E-state index contributed by atoms with van der Waals surface area (Å²) in [5.41, 5.74) is 3.35. The van der Waals surface area contributed by atoms with Gasteiger partial charge >= 0.3 is 0 Å². The van der Waals surface area contributed by atoms with E-state index in [2.05, 4.69) is 17.4 Å². The van der Waals surface area contributed by atoms with E-state index in [0.717, 1.165) is 36.1 Å². The lowest BCUT2D eigenvalue weighted by Gasteiger charge is -2.19. The number of carbonyl (C=O) groups excluding carboxylic acids is 1. The third kappa shape index (κ3) is 5.91. The van der Waals surface area contributed by atoms with Gasteiger partial charge in [0.25, 0.3) is 0 Å². The summed E-state index contributed by atoms with van der Waals surface area (Å²) in [5.74, 6) is 2.29. The molecule has 0 saturated heterocycles. The van der Waals surface area contributed by atoms with E-state index in [4.69, 9.17) is 14.2 Å². The van der Waals surface area contributed by atoms with Gasteiger partial charge in [0.15, 0.2) is 11.5 Å². The SMILES string of the molecule is COc1ccc(CCCCC(=O)NC(C)c2cc(OC)c(OC)cc2C)cc1. The van der Waals surface area contributed by atoms with Crippen LogP contribution < -0.4 is 19.5 Å². The van der Waals surface area contributed by atoms with Gasteiger partial charge in [0, 0.05) is 6.42 Å². The molecule has 2 aromatic rings. The van der Waals surface area contributed by atoms with Crippen LogP contribution in [0.3, 0.4) is 0 Å². The zero-order valence-corrected chi connectivity index (χ0v) is 17.5.